The highest BCUT2D eigenvalue weighted by atomic mass is 32.1. The van der Waals surface area contributed by atoms with Gasteiger partial charge in [-0.15, -0.1) is 11.3 Å². The first-order valence-electron chi connectivity index (χ1n) is 10.0. The lowest BCUT2D eigenvalue weighted by Crippen LogP contribution is -2.32. The number of ether oxygens (including phenoxy) is 2. The third-order valence-corrected chi connectivity index (χ3v) is 6.35. The quantitative estimate of drug-likeness (QED) is 0.507. The maximum absolute atomic E-state index is 13.0. The lowest BCUT2D eigenvalue weighted by Gasteiger charge is -2.24. The first-order chi connectivity index (χ1) is 14.2. The summed E-state index contributed by atoms with van der Waals surface area (Å²) in [7, 11) is 3.31. The average Bonchev–Trinajstić information content (AvgIpc) is 3.50. The van der Waals surface area contributed by atoms with E-state index < -0.39 is 0 Å². The van der Waals surface area contributed by atoms with E-state index in [4.69, 9.17) is 9.47 Å². The second-order valence-electron chi connectivity index (χ2n) is 7.36. The molecule has 1 fully saturated rings. The number of amides is 1. The molecule has 6 heteroatoms. The van der Waals surface area contributed by atoms with Crippen molar-refractivity contribution in [3.05, 3.63) is 53.0 Å². The van der Waals surface area contributed by atoms with Crippen molar-refractivity contribution in [1.82, 2.24) is 9.88 Å². The number of hydrogen-bond donors (Lipinski definition) is 0. The van der Waals surface area contributed by atoms with Crippen molar-refractivity contribution >= 4 is 27.5 Å². The van der Waals surface area contributed by atoms with Crippen LogP contribution in [-0.4, -0.2) is 36.1 Å². The fourth-order valence-electron chi connectivity index (χ4n) is 3.56. The van der Waals surface area contributed by atoms with Gasteiger partial charge in [0.15, 0.2) is 0 Å². The molecule has 0 bridgehead atoms. The van der Waals surface area contributed by atoms with Crippen LogP contribution in [0.15, 0.2) is 42.5 Å². The van der Waals surface area contributed by atoms with E-state index in [1.54, 1.807) is 25.6 Å². The van der Waals surface area contributed by atoms with Gasteiger partial charge in [0.05, 0.1) is 29.4 Å². The van der Waals surface area contributed by atoms with E-state index in [2.05, 4.69) is 11.1 Å². The fraction of sp³-hybridized carbons (Fsp3) is 0.391. The number of carbonyl (C=O) groups is 1. The summed E-state index contributed by atoms with van der Waals surface area (Å²) in [5, 5.41) is 1.10. The predicted octanol–water partition coefficient (Wildman–Crippen LogP) is 4.83. The van der Waals surface area contributed by atoms with Gasteiger partial charge in [-0.1, -0.05) is 12.1 Å². The van der Waals surface area contributed by atoms with E-state index in [1.165, 1.54) is 4.70 Å². The first-order valence-corrected chi connectivity index (χ1v) is 10.8. The van der Waals surface area contributed by atoms with Gasteiger partial charge in [0, 0.05) is 24.6 Å². The number of carbonyl (C=O) groups excluding carboxylic acids is 1. The van der Waals surface area contributed by atoms with Crippen LogP contribution in [0.25, 0.3) is 10.2 Å². The minimum atomic E-state index is 0.207. The molecule has 1 amide bonds. The van der Waals surface area contributed by atoms with Crippen molar-refractivity contribution in [3.63, 3.8) is 0 Å². The Morgan fingerprint density at radius 1 is 1.17 bits per heavy atom. The van der Waals surface area contributed by atoms with E-state index >= 15 is 0 Å². The number of hydrogen-bond acceptors (Lipinski definition) is 5. The van der Waals surface area contributed by atoms with Crippen LogP contribution in [0.2, 0.25) is 0 Å². The topological polar surface area (TPSA) is 51.7 Å². The maximum atomic E-state index is 13.0. The minimum absolute atomic E-state index is 0.207. The van der Waals surface area contributed by atoms with E-state index in [-0.39, 0.29) is 5.91 Å². The molecular formula is C23H26N2O3S. The van der Waals surface area contributed by atoms with Crippen LogP contribution in [0.5, 0.6) is 11.5 Å². The molecule has 0 aliphatic heterocycles. The van der Waals surface area contributed by atoms with Gasteiger partial charge in [0.2, 0.25) is 5.91 Å². The second-order valence-corrected chi connectivity index (χ2v) is 8.47. The average molecular weight is 411 g/mol. The van der Waals surface area contributed by atoms with Crippen LogP contribution in [0.4, 0.5) is 0 Å². The SMILES string of the molecule is COc1ccc(OC)c(CN(C(=O)CCCc2nc3ccccc3s2)C2CC2)c1. The molecule has 4 rings (SSSR count). The Hall–Kier alpha value is -2.60. The lowest BCUT2D eigenvalue weighted by atomic mass is 10.1. The van der Waals surface area contributed by atoms with Gasteiger partial charge in [-0.05, 0) is 56.0 Å². The second kappa shape index (κ2) is 8.82. The summed E-state index contributed by atoms with van der Waals surface area (Å²) >= 11 is 1.72. The number of methoxy groups -OCH3 is 2. The Bertz CT molecular complexity index is 964. The number of aryl methyl sites for hydroxylation is 1. The molecule has 1 aromatic heterocycles. The van der Waals surface area contributed by atoms with Crippen molar-refractivity contribution in [1.29, 1.82) is 0 Å². The molecule has 152 valence electrons. The molecule has 1 aliphatic rings. The van der Waals surface area contributed by atoms with Crippen molar-refractivity contribution < 1.29 is 14.3 Å². The van der Waals surface area contributed by atoms with E-state index in [0.717, 1.165) is 53.3 Å². The summed E-state index contributed by atoms with van der Waals surface area (Å²) in [6.45, 7) is 0.561. The number of benzene rings is 2. The Morgan fingerprint density at radius 2 is 2.00 bits per heavy atom. The highest BCUT2D eigenvalue weighted by Crippen LogP contribution is 2.33. The van der Waals surface area contributed by atoms with Crippen LogP contribution in [0.1, 0.15) is 36.3 Å². The van der Waals surface area contributed by atoms with Crippen LogP contribution in [0.3, 0.4) is 0 Å². The maximum Gasteiger partial charge on any atom is 0.223 e. The fourth-order valence-corrected chi connectivity index (χ4v) is 4.57. The molecular weight excluding hydrogens is 384 g/mol. The highest BCUT2D eigenvalue weighted by molar-refractivity contribution is 7.18. The number of nitrogens with zero attached hydrogens (tertiary/aromatic N) is 2. The van der Waals surface area contributed by atoms with Gasteiger partial charge in [-0.2, -0.15) is 0 Å². The molecule has 0 N–H and O–H groups in total. The van der Waals surface area contributed by atoms with Crippen molar-refractivity contribution in [2.75, 3.05) is 14.2 Å². The van der Waals surface area contributed by atoms with Crippen LogP contribution in [-0.2, 0) is 17.8 Å². The zero-order valence-corrected chi connectivity index (χ0v) is 17.7. The molecule has 0 spiro atoms. The molecule has 29 heavy (non-hydrogen) atoms. The summed E-state index contributed by atoms with van der Waals surface area (Å²) in [5.74, 6) is 1.78. The molecule has 0 atom stereocenters. The lowest BCUT2D eigenvalue weighted by molar-refractivity contribution is -0.132. The Morgan fingerprint density at radius 3 is 2.72 bits per heavy atom. The van der Waals surface area contributed by atoms with Crippen molar-refractivity contribution in [2.24, 2.45) is 0 Å². The molecule has 2 aromatic carbocycles. The van der Waals surface area contributed by atoms with Gasteiger partial charge in [0.25, 0.3) is 0 Å². The molecule has 0 radical (unpaired) electrons. The molecule has 0 saturated heterocycles. The first kappa shape index (κ1) is 19.7. The largest absolute Gasteiger partial charge is 0.497 e. The molecule has 5 nitrogen and oxygen atoms in total. The number of rotatable bonds is 9. The summed E-state index contributed by atoms with van der Waals surface area (Å²) in [4.78, 5) is 19.7. The Kier molecular flexibility index (Phi) is 6.00. The molecule has 3 aromatic rings. The standard InChI is InChI=1S/C23H26N2O3S/c1-27-18-12-13-20(28-2)16(14-18)15-25(17-10-11-17)23(26)9-5-8-22-24-19-6-3-4-7-21(19)29-22/h3-4,6-7,12-14,17H,5,8-11,15H2,1-2H3. The monoisotopic (exact) mass is 410 g/mol. The zero-order valence-electron chi connectivity index (χ0n) is 16.9. The Labute approximate surface area is 175 Å². The molecule has 1 heterocycles. The third kappa shape index (κ3) is 4.70. The van der Waals surface area contributed by atoms with Gasteiger partial charge >= 0.3 is 0 Å². The Balaban J connectivity index is 1.39. The van der Waals surface area contributed by atoms with Crippen molar-refractivity contribution in [2.45, 2.75) is 44.7 Å². The van der Waals surface area contributed by atoms with Crippen molar-refractivity contribution in [3.8, 4) is 11.5 Å². The zero-order chi connectivity index (χ0) is 20.2. The summed E-state index contributed by atoms with van der Waals surface area (Å²) in [6.07, 6.45) is 4.35. The van der Waals surface area contributed by atoms with Gasteiger partial charge in [-0.25, -0.2) is 4.98 Å². The smallest absolute Gasteiger partial charge is 0.223 e. The van der Waals surface area contributed by atoms with Gasteiger partial charge in [-0.3, -0.25) is 4.79 Å². The number of thiazole rings is 1. The number of para-hydroxylation sites is 1. The molecule has 1 aliphatic carbocycles. The van der Waals surface area contributed by atoms with Gasteiger partial charge < -0.3 is 14.4 Å². The molecule has 1 saturated carbocycles. The van der Waals surface area contributed by atoms with Crippen LogP contribution >= 0.6 is 11.3 Å². The van der Waals surface area contributed by atoms with E-state index in [0.29, 0.717) is 19.0 Å². The predicted molar refractivity (Wildman–Crippen MR) is 116 cm³/mol. The summed E-state index contributed by atoms with van der Waals surface area (Å²) in [5.41, 5.74) is 2.03. The number of aromatic nitrogens is 1. The normalized spacial score (nSPS) is 13.4. The van der Waals surface area contributed by atoms with E-state index in [1.807, 2.05) is 41.3 Å². The van der Waals surface area contributed by atoms with Gasteiger partial charge in [0.1, 0.15) is 11.5 Å². The number of fused-ring (bicyclic) bond motifs is 1. The van der Waals surface area contributed by atoms with Crippen LogP contribution in [0, 0.1) is 0 Å². The van der Waals surface area contributed by atoms with E-state index in [9.17, 15) is 4.79 Å². The summed E-state index contributed by atoms with van der Waals surface area (Å²) in [6, 6.07) is 14.3. The van der Waals surface area contributed by atoms with Crippen LogP contribution < -0.4 is 9.47 Å². The highest BCUT2D eigenvalue weighted by Gasteiger charge is 2.32. The minimum Gasteiger partial charge on any atom is -0.497 e. The summed E-state index contributed by atoms with van der Waals surface area (Å²) < 4.78 is 12.0. The molecule has 0 unspecified atom stereocenters. The third-order valence-electron chi connectivity index (χ3n) is 5.26.